The number of methoxy groups -OCH3 is 2. The van der Waals surface area contributed by atoms with Crippen LogP contribution in [0.1, 0.15) is 44.3 Å². The molecule has 0 amide bonds. The van der Waals surface area contributed by atoms with Crippen LogP contribution in [0.4, 0.5) is 0 Å². The highest BCUT2D eigenvalue weighted by Gasteiger charge is 2.45. The first-order valence-electron chi connectivity index (χ1n) is 7.41. The normalized spacial score (nSPS) is 26.1. The summed E-state index contributed by atoms with van der Waals surface area (Å²) in [4.78, 5) is 0. The third kappa shape index (κ3) is 2.84. The Morgan fingerprint density at radius 3 is 2.62 bits per heavy atom. The summed E-state index contributed by atoms with van der Waals surface area (Å²) >= 11 is 0. The van der Waals surface area contributed by atoms with E-state index >= 15 is 0 Å². The monoisotopic (exact) mass is 289 g/mol. The molecule has 3 atom stereocenters. The van der Waals surface area contributed by atoms with Crippen molar-refractivity contribution < 1.29 is 14.6 Å². The summed E-state index contributed by atoms with van der Waals surface area (Å²) in [6.45, 7) is 2.14. The number of hydrogen-bond acceptors (Lipinski definition) is 4. The predicted octanol–water partition coefficient (Wildman–Crippen LogP) is 3.46. The second-order valence-electron chi connectivity index (χ2n) is 5.80. The largest absolute Gasteiger partial charge is 0.493 e. The molecule has 1 N–H and O–H groups in total. The fourth-order valence-electron chi connectivity index (χ4n) is 3.28. The average molecular weight is 289 g/mol. The van der Waals surface area contributed by atoms with E-state index in [9.17, 15) is 10.4 Å². The molecular formula is C17H23NO3. The molecule has 1 aliphatic carbocycles. The van der Waals surface area contributed by atoms with Gasteiger partial charge in [0.05, 0.1) is 31.8 Å². The van der Waals surface area contributed by atoms with E-state index in [1.54, 1.807) is 26.4 Å². The molecule has 0 saturated heterocycles. The van der Waals surface area contributed by atoms with Crippen LogP contribution in [0.25, 0.3) is 0 Å². The van der Waals surface area contributed by atoms with Crippen LogP contribution in [0, 0.1) is 22.7 Å². The number of rotatable bonds is 5. The van der Waals surface area contributed by atoms with Gasteiger partial charge in [0.15, 0.2) is 11.5 Å². The Hall–Kier alpha value is -1.73. The molecule has 0 bridgehead atoms. The van der Waals surface area contributed by atoms with Gasteiger partial charge in [0.25, 0.3) is 0 Å². The highest BCUT2D eigenvalue weighted by Crippen LogP contribution is 2.51. The Balaban J connectivity index is 2.31. The van der Waals surface area contributed by atoms with Crippen LogP contribution in [-0.4, -0.2) is 19.3 Å². The second kappa shape index (κ2) is 6.36. The number of nitriles is 1. The molecule has 2 rings (SSSR count). The number of hydrogen-bond donors (Lipinski definition) is 1. The van der Waals surface area contributed by atoms with E-state index in [4.69, 9.17) is 9.47 Å². The van der Waals surface area contributed by atoms with Crippen molar-refractivity contribution in [3.63, 3.8) is 0 Å². The molecule has 3 unspecified atom stereocenters. The molecule has 21 heavy (non-hydrogen) atoms. The molecule has 4 heteroatoms. The summed E-state index contributed by atoms with van der Waals surface area (Å²) in [6.07, 6.45) is 2.78. The minimum Gasteiger partial charge on any atom is -0.493 e. The zero-order valence-electron chi connectivity index (χ0n) is 12.9. The highest BCUT2D eigenvalue weighted by molar-refractivity contribution is 5.44. The van der Waals surface area contributed by atoms with Gasteiger partial charge in [-0.25, -0.2) is 0 Å². The fourth-order valence-corrected chi connectivity index (χ4v) is 3.28. The highest BCUT2D eigenvalue weighted by atomic mass is 16.5. The maximum Gasteiger partial charge on any atom is 0.161 e. The van der Waals surface area contributed by atoms with Crippen LogP contribution in [0.3, 0.4) is 0 Å². The first-order chi connectivity index (χ1) is 10.1. The first kappa shape index (κ1) is 15.7. The first-order valence-corrected chi connectivity index (χ1v) is 7.41. The Bertz CT molecular complexity index is 537. The van der Waals surface area contributed by atoms with E-state index in [0.717, 1.165) is 25.7 Å². The zero-order chi connectivity index (χ0) is 15.5. The summed E-state index contributed by atoms with van der Waals surface area (Å²) in [5, 5.41) is 20.4. The van der Waals surface area contributed by atoms with E-state index in [2.05, 4.69) is 13.0 Å². The van der Waals surface area contributed by atoms with Crippen LogP contribution in [0.5, 0.6) is 11.5 Å². The third-order valence-electron chi connectivity index (χ3n) is 4.70. The quantitative estimate of drug-likeness (QED) is 0.901. The molecule has 0 aliphatic heterocycles. The maximum absolute atomic E-state index is 10.7. The van der Waals surface area contributed by atoms with Gasteiger partial charge < -0.3 is 14.6 Å². The van der Waals surface area contributed by atoms with Gasteiger partial charge in [-0.05, 0) is 42.9 Å². The molecule has 0 aromatic heterocycles. The number of aliphatic hydroxyl groups is 1. The molecule has 114 valence electrons. The van der Waals surface area contributed by atoms with Crippen molar-refractivity contribution >= 4 is 0 Å². The molecule has 0 spiro atoms. The predicted molar refractivity (Wildman–Crippen MR) is 80.2 cm³/mol. The van der Waals surface area contributed by atoms with E-state index in [1.807, 2.05) is 6.07 Å². The average Bonchev–Trinajstić information content (AvgIpc) is 2.98. The summed E-state index contributed by atoms with van der Waals surface area (Å²) < 4.78 is 10.5. The lowest BCUT2D eigenvalue weighted by molar-refractivity contribution is 0.0638. The van der Waals surface area contributed by atoms with E-state index in [1.165, 1.54) is 0 Å². The molecule has 1 aromatic carbocycles. The smallest absolute Gasteiger partial charge is 0.161 e. The molecule has 1 aliphatic rings. The van der Waals surface area contributed by atoms with Crippen LogP contribution in [0.2, 0.25) is 0 Å². The Morgan fingerprint density at radius 1 is 1.38 bits per heavy atom. The molecule has 1 fully saturated rings. The zero-order valence-corrected chi connectivity index (χ0v) is 12.9. The minimum absolute atomic E-state index is 0.527. The fraction of sp³-hybridized carbons (Fsp3) is 0.588. The summed E-state index contributed by atoms with van der Waals surface area (Å²) in [5.41, 5.74) is 0.0336. The van der Waals surface area contributed by atoms with Gasteiger partial charge in [-0.3, -0.25) is 0 Å². The number of ether oxygens (including phenoxy) is 2. The second-order valence-corrected chi connectivity index (χ2v) is 5.80. The van der Waals surface area contributed by atoms with Crippen LogP contribution >= 0.6 is 0 Å². The van der Waals surface area contributed by atoms with Crippen molar-refractivity contribution in [1.82, 2.24) is 0 Å². The van der Waals surface area contributed by atoms with Crippen LogP contribution in [-0.2, 0) is 0 Å². The van der Waals surface area contributed by atoms with Crippen LogP contribution < -0.4 is 9.47 Å². The molecule has 0 radical (unpaired) electrons. The summed E-state index contributed by atoms with van der Waals surface area (Å²) in [6, 6.07) is 7.73. The molecular weight excluding hydrogens is 266 g/mol. The van der Waals surface area contributed by atoms with Gasteiger partial charge >= 0.3 is 0 Å². The SMILES string of the molecule is CCC1CCC(C#N)(C(O)c2ccc(OC)c(OC)c2)C1. The van der Waals surface area contributed by atoms with E-state index in [-0.39, 0.29) is 0 Å². The number of benzene rings is 1. The van der Waals surface area contributed by atoms with Crippen molar-refractivity contribution in [3.8, 4) is 17.6 Å². The number of aliphatic hydroxyl groups excluding tert-OH is 1. The van der Waals surface area contributed by atoms with Crippen LogP contribution in [0.15, 0.2) is 18.2 Å². The number of nitrogens with zero attached hydrogens (tertiary/aromatic N) is 1. The van der Waals surface area contributed by atoms with Gasteiger partial charge in [-0.15, -0.1) is 0 Å². The van der Waals surface area contributed by atoms with Crippen molar-refractivity contribution in [2.75, 3.05) is 14.2 Å². The Morgan fingerprint density at radius 2 is 2.10 bits per heavy atom. The van der Waals surface area contributed by atoms with Crippen molar-refractivity contribution in [2.45, 2.75) is 38.7 Å². The van der Waals surface area contributed by atoms with Crippen molar-refractivity contribution in [3.05, 3.63) is 23.8 Å². The standard InChI is InChI=1S/C17H23NO3/c1-4-12-7-8-17(10-12,11-18)16(19)13-5-6-14(20-2)15(9-13)21-3/h5-6,9,12,16,19H,4,7-8,10H2,1-3H3. The molecule has 1 saturated carbocycles. The Labute approximate surface area is 126 Å². The lowest BCUT2D eigenvalue weighted by atomic mass is 9.78. The van der Waals surface area contributed by atoms with Crippen molar-refractivity contribution in [2.24, 2.45) is 11.3 Å². The van der Waals surface area contributed by atoms with Gasteiger partial charge in [-0.1, -0.05) is 19.4 Å². The van der Waals surface area contributed by atoms with Gasteiger partial charge in [-0.2, -0.15) is 5.26 Å². The van der Waals surface area contributed by atoms with E-state index < -0.39 is 11.5 Å². The molecule has 0 heterocycles. The van der Waals surface area contributed by atoms with Crippen molar-refractivity contribution in [1.29, 1.82) is 5.26 Å². The lowest BCUT2D eigenvalue weighted by Gasteiger charge is -2.28. The molecule has 4 nitrogen and oxygen atoms in total. The lowest BCUT2D eigenvalue weighted by Crippen LogP contribution is -2.24. The molecule has 1 aromatic rings. The third-order valence-corrected chi connectivity index (χ3v) is 4.70. The van der Waals surface area contributed by atoms with E-state index in [0.29, 0.717) is 23.0 Å². The maximum atomic E-state index is 10.7. The van der Waals surface area contributed by atoms with Gasteiger partial charge in [0.1, 0.15) is 0 Å². The topological polar surface area (TPSA) is 62.5 Å². The Kier molecular flexibility index (Phi) is 4.74. The minimum atomic E-state index is -0.793. The van der Waals surface area contributed by atoms with Gasteiger partial charge in [0.2, 0.25) is 0 Å². The van der Waals surface area contributed by atoms with Gasteiger partial charge in [0, 0.05) is 0 Å². The summed E-state index contributed by atoms with van der Waals surface area (Å²) in [7, 11) is 3.14. The summed E-state index contributed by atoms with van der Waals surface area (Å²) in [5.74, 6) is 1.73.